The SMILES string of the molecule is COCC1CCN(c2ccc(F)cc2[N+](=O)[O-])CC1. The van der Waals surface area contributed by atoms with Gasteiger partial charge in [-0.05, 0) is 30.9 Å². The molecule has 0 radical (unpaired) electrons. The van der Waals surface area contributed by atoms with Gasteiger partial charge in [-0.2, -0.15) is 0 Å². The lowest BCUT2D eigenvalue weighted by Gasteiger charge is -2.32. The number of rotatable bonds is 4. The fraction of sp³-hybridized carbons (Fsp3) is 0.538. The zero-order valence-corrected chi connectivity index (χ0v) is 10.8. The van der Waals surface area contributed by atoms with E-state index in [1.807, 2.05) is 4.90 Å². The van der Waals surface area contributed by atoms with E-state index in [0.29, 0.717) is 11.6 Å². The van der Waals surface area contributed by atoms with Gasteiger partial charge in [0.05, 0.1) is 11.0 Å². The second kappa shape index (κ2) is 5.97. The van der Waals surface area contributed by atoms with Gasteiger partial charge in [0, 0.05) is 26.8 Å². The Morgan fingerprint density at radius 1 is 1.47 bits per heavy atom. The molecule has 0 aromatic heterocycles. The number of hydrogen-bond donors (Lipinski definition) is 0. The average molecular weight is 268 g/mol. The van der Waals surface area contributed by atoms with E-state index >= 15 is 0 Å². The van der Waals surface area contributed by atoms with Crippen molar-refractivity contribution in [3.63, 3.8) is 0 Å². The van der Waals surface area contributed by atoms with E-state index in [-0.39, 0.29) is 5.69 Å². The van der Waals surface area contributed by atoms with Crippen LogP contribution in [0.5, 0.6) is 0 Å². The van der Waals surface area contributed by atoms with Crippen LogP contribution in [0.15, 0.2) is 18.2 Å². The van der Waals surface area contributed by atoms with Crippen molar-refractivity contribution in [2.24, 2.45) is 5.92 Å². The predicted octanol–water partition coefficient (Wildman–Crippen LogP) is 2.60. The van der Waals surface area contributed by atoms with Crippen LogP contribution in [0, 0.1) is 21.8 Å². The van der Waals surface area contributed by atoms with Gasteiger partial charge in [-0.15, -0.1) is 0 Å². The summed E-state index contributed by atoms with van der Waals surface area (Å²) in [6.45, 7) is 2.19. The predicted molar refractivity (Wildman–Crippen MR) is 69.9 cm³/mol. The van der Waals surface area contributed by atoms with Gasteiger partial charge in [-0.1, -0.05) is 0 Å². The Labute approximate surface area is 111 Å². The highest BCUT2D eigenvalue weighted by molar-refractivity contribution is 5.63. The molecule has 0 bridgehead atoms. The lowest BCUT2D eigenvalue weighted by Crippen LogP contribution is -2.35. The van der Waals surface area contributed by atoms with Crippen LogP contribution in [-0.2, 0) is 4.74 Å². The van der Waals surface area contributed by atoms with E-state index < -0.39 is 10.7 Å². The van der Waals surface area contributed by atoms with Crippen molar-refractivity contribution in [3.05, 3.63) is 34.1 Å². The molecule has 0 amide bonds. The summed E-state index contributed by atoms with van der Waals surface area (Å²) in [6.07, 6.45) is 1.87. The molecule has 0 atom stereocenters. The first-order valence-electron chi connectivity index (χ1n) is 6.29. The van der Waals surface area contributed by atoms with Crippen LogP contribution in [0.3, 0.4) is 0 Å². The number of hydrogen-bond acceptors (Lipinski definition) is 4. The Balaban J connectivity index is 2.13. The van der Waals surface area contributed by atoms with Crippen molar-refractivity contribution in [2.45, 2.75) is 12.8 Å². The van der Waals surface area contributed by atoms with Crippen molar-refractivity contribution in [1.29, 1.82) is 0 Å². The van der Waals surface area contributed by atoms with Crippen molar-refractivity contribution in [1.82, 2.24) is 0 Å². The van der Waals surface area contributed by atoms with Gasteiger partial charge in [-0.3, -0.25) is 10.1 Å². The highest BCUT2D eigenvalue weighted by Gasteiger charge is 2.25. The lowest BCUT2D eigenvalue weighted by atomic mass is 9.97. The van der Waals surface area contributed by atoms with Crippen LogP contribution in [0.2, 0.25) is 0 Å². The highest BCUT2D eigenvalue weighted by atomic mass is 19.1. The molecule has 1 aromatic carbocycles. The number of nitro benzene ring substituents is 1. The molecular weight excluding hydrogens is 251 g/mol. The quantitative estimate of drug-likeness (QED) is 0.622. The van der Waals surface area contributed by atoms with Gasteiger partial charge in [0.25, 0.3) is 5.69 Å². The summed E-state index contributed by atoms with van der Waals surface area (Å²) in [5, 5.41) is 11.0. The number of anilines is 1. The summed E-state index contributed by atoms with van der Waals surface area (Å²) in [4.78, 5) is 12.4. The number of nitro groups is 1. The van der Waals surface area contributed by atoms with Gasteiger partial charge in [0.2, 0.25) is 0 Å². The topological polar surface area (TPSA) is 55.6 Å². The molecule has 19 heavy (non-hydrogen) atoms. The summed E-state index contributed by atoms with van der Waals surface area (Å²) < 4.78 is 18.2. The zero-order valence-electron chi connectivity index (χ0n) is 10.8. The van der Waals surface area contributed by atoms with Crippen molar-refractivity contribution >= 4 is 11.4 Å². The van der Waals surface area contributed by atoms with E-state index in [1.54, 1.807) is 7.11 Å². The lowest BCUT2D eigenvalue weighted by molar-refractivity contribution is -0.384. The van der Waals surface area contributed by atoms with E-state index in [1.165, 1.54) is 12.1 Å². The molecule has 0 aliphatic carbocycles. The fourth-order valence-corrected chi connectivity index (χ4v) is 2.49. The molecule has 104 valence electrons. The third-order valence-electron chi connectivity index (χ3n) is 3.49. The van der Waals surface area contributed by atoms with Crippen LogP contribution < -0.4 is 4.90 Å². The second-order valence-electron chi connectivity index (χ2n) is 4.78. The van der Waals surface area contributed by atoms with Crippen molar-refractivity contribution < 1.29 is 14.1 Å². The van der Waals surface area contributed by atoms with E-state index in [2.05, 4.69) is 0 Å². The Hall–Kier alpha value is -1.69. The fourth-order valence-electron chi connectivity index (χ4n) is 2.49. The van der Waals surface area contributed by atoms with Crippen LogP contribution >= 0.6 is 0 Å². The second-order valence-corrected chi connectivity index (χ2v) is 4.78. The number of piperidine rings is 1. The Morgan fingerprint density at radius 3 is 2.74 bits per heavy atom. The number of nitrogens with zero attached hydrogens (tertiary/aromatic N) is 2. The molecule has 0 saturated carbocycles. The summed E-state index contributed by atoms with van der Waals surface area (Å²) >= 11 is 0. The largest absolute Gasteiger partial charge is 0.384 e. The molecule has 1 aliphatic heterocycles. The molecule has 1 heterocycles. The molecule has 2 rings (SSSR count). The highest BCUT2D eigenvalue weighted by Crippen LogP contribution is 2.32. The number of methoxy groups -OCH3 is 1. The molecule has 0 unspecified atom stereocenters. The van der Waals surface area contributed by atoms with Gasteiger partial charge in [-0.25, -0.2) is 4.39 Å². The van der Waals surface area contributed by atoms with Crippen LogP contribution in [0.1, 0.15) is 12.8 Å². The number of benzene rings is 1. The molecule has 6 heteroatoms. The van der Waals surface area contributed by atoms with Crippen molar-refractivity contribution in [3.8, 4) is 0 Å². The van der Waals surface area contributed by atoms with E-state index in [9.17, 15) is 14.5 Å². The number of ether oxygens (including phenoxy) is 1. The normalized spacial score (nSPS) is 16.6. The first kappa shape index (κ1) is 13.7. The summed E-state index contributed by atoms with van der Waals surface area (Å²) in [7, 11) is 1.68. The molecular formula is C13H17FN2O3. The Morgan fingerprint density at radius 2 is 2.16 bits per heavy atom. The molecule has 1 aliphatic rings. The average Bonchev–Trinajstić information content (AvgIpc) is 2.40. The standard InChI is InChI=1S/C13H17FN2O3/c1-19-9-10-4-6-15(7-5-10)12-3-2-11(14)8-13(12)16(17)18/h2-3,8,10H,4-7,9H2,1H3. The maximum absolute atomic E-state index is 13.1. The van der Waals surface area contributed by atoms with Crippen LogP contribution in [-0.4, -0.2) is 31.7 Å². The minimum absolute atomic E-state index is 0.162. The van der Waals surface area contributed by atoms with Gasteiger partial charge in [0.1, 0.15) is 11.5 Å². The number of halogens is 1. The van der Waals surface area contributed by atoms with Crippen molar-refractivity contribution in [2.75, 3.05) is 31.7 Å². The van der Waals surface area contributed by atoms with Crippen LogP contribution in [0.25, 0.3) is 0 Å². The van der Waals surface area contributed by atoms with Gasteiger partial charge in [0.15, 0.2) is 0 Å². The Kier molecular flexibility index (Phi) is 4.31. The molecule has 1 aromatic rings. The third-order valence-corrected chi connectivity index (χ3v) is 3.49. The molecule has 1 saturated heterocycles. The van der Waals surface area contributed by atoms with E-state index in [4.69, 9.17) is 4.74 Å². The molecule has 1 fully saturated rings. The zero-order chi connectivity index (χ0) is 13.8. The van der Waals surface area contributed by atoms with Crippen LogP contribution in [0.4, 0.5) is 15.8 Å². The van der Waals surface area contributed by atoms with Gasteiger partial charge >= 0.3 is 0 Å². The van der Waals surface area contributed by atoms with Gasteiger partial charge < -0.3 is 9.64 Å². The first-order chi connectivity index (χ1) is 9.11. The molecule has 0 spiro atoms. The smallest absolute Gasteiger partial charge is 0.295 e. The summed E-state index contributed by atoms with van der Waals surface area (Å²) in [6, 6.07) is 3.74. The maximum atomic E-state index is 13.1. The Bertz CT molecular complexity index is 459. The summed E-state index contributed by atoms with van der Waals surface area (Å²) in [5.41, 5.74) is 0.340. The maximum Gasteiger partial charge on any atom is 0.295 e. The first-order valence-corrected chi connectivity index (χ1v) is 6.29. The monoisotopic (exact) mass is 268 g/mol. The molecule has 0 N–H and O–H groups in total. The minimum Gasteiger partial charge on any atom is -0.384 e. The third kappa shape index (κ3) is 3.20. The summed E-state index contributed by atoms with van der Waals surface area (Å²) in [5.74, 6) is -0.0783. The van der Waals surface area contributed by atoms with E-state index in [0.717, 1.165) is 38.6 Å². The minimum atomic E-state index is -0.579. The molecule has 5 nitrogen and oxygen atoms in total.